The fourth-order valence-corrected chi connectivity index (χ4v) is 2.72. The summed E-state index contributed by atoms with van der Waals surface area (Å²) in [6.07, 6.45) is 9.53. The number of allylic oxidation sites excluding steroid dienone is 8. The molecule has 1 aromatic rings. The van der Waals surface area contributed by atoms with Gasteiger partial charge in [-0.1, -0.05) is 48.9 Å². The fourth-order valence-electron chi connectivity index (χ4n) is 2.72. The first-order valence-electron chi connectivity index (χ1n) is 7.50. The van der Waals surface area contributed by atoms with Gasteiger partial charge < -0.3 is 0 Å². The smallest absolute Gasteiger partial charge is 0.123 e. The molecule has 0 radical (unpaired) electrons. The summed E-state index contributed by atoms with van der Waals surface area (Å²) >= 11 is 0. The van der Waals surface area contributed by atoms with Crippen molar-refractivity contribution in [2.45, 2.75) is 34.1 Å². The molecular weight excluding hydrogens is 259 g/mol. The van der Waals surface area contributed by atoms with E-state index in [1.807, 2.05) is 25.1 Å². The molecule has 0 spiro atoms. The first-order valence-corrected chi connectivity index (χ1v) is 7.50. The second-order valence-corrected chi connectivity index (χ2v) is 5.75. The van der Waals surface area contributed by atoms with Crippen LogP contribution in [0.2, 0.25) is 0 Å². The highest BCUT2D eigenvalue weighted by Crippen LogP contribution is 2.36. The van der Waals surface area contributed by atoms with Crippen LogP contribution in [0.25, 0.3) is 5.57 Å². The van der Waals surface area contributed by atoms with Gasteiger partial charge in [0.2, 0.25) is 0 Å². The summed E-state index contributed by atoms with van der Waals surface area (Å²) in [4.78, 5) is 0. The molecule has 2 rings (SSSR count). The summed E-state index contributed by atoms with van der Waals surface area (Å²) in [5, 5.41) is 0. The SMILES string of the molecule is C/C=C/C=C(/C)C1=C(C)C(C)CC(c2ccc(F)cc2)=C1. The van der Waals surface area contributed by atoms with E-state index in [9.17, 15) is 4.39 Å². The van der Waals surface area contributed by atoms with Crippen molar-refractivity contribution in [1.29, 1.82) is 0 Å². The molecule has 0 fully saturated rings. The Labute approximate surface area is 127 Å². The standard InChI is InChI=1S/C20H23F/c1-5-6-7-14(2)20-13-18(12-15(3)16(20)4)17-8-10-19(21)11-9-17/h5-11,13,15H,12H2,1-4H3/b6-5+,14-7-. The fraction of sp³-hybridized carbons (Fsp3) is 0.300. The lowest BCUT2D eigenvalue weighted by Crippen LogP contribution is -2.07. The lowest BCUT2D eigenvalue weighted by Gasteiger charge is -2.25. The average Bonchev–Trinajstić information content (AvgIpc) is 2.48. The summed E-state index contributed by atoms with van der Waals surface area (Å²) in [7, 11) is 0. The van der Waals surface area contributed by atoms with E-state index in [1.165, 1.54) is 34.4 Å². The van der Waals surface area contributed by atoms with Gasteiger partial charge in [-0.2, -0.15) is 0 Å². The highest BCUT2D eigenvalue weighted by molar-refractivity contribution is 5.72. The highest BCUT2D eigenvalue weighted by Gasteiger charge is 2.19. The van der Waals surface area contributed by atoms with E-state index < -0.39 is 0 Å². The average molecular weight is 282 g/mol. The van der Waals surface area contributed by atoms with Crippen molar-refractivity contribution >= 4 is 5.57 Å². The summed E-state index contributed by atoms with van der Waals surface area (Å²) in [6, 6.07) is 6.82. The molecule has 0 bridgehead atoms. The van der Waals surface area contributed by atoms with Crippen LogP contribution in [0.1, 0.15) is 39.7 Å². The first kappa shape index (κ1) is 15.5. The molecule has 1 unspecified atom stereocenters. The molecule has 0 N–H and O–H groups in total. The molecule has 1 aliphatic carbocycles. The molecule has 110 valence electrons. The molecule has 0 nitrogen and oxygen atoms in total. The van der Waals surface area contributed by atoms with Crippen molar-refractivity contribution < 1.29 is 4.39 Å². The minimum Gasteiger partial charge on any atom is -0.207 e. The lowest BCUT2D eigenvalue weighted by molar-refractivity contribution is 0.627. The van der Waals surface area contributed by atoms with Gasteiger partial charge in [-0.25, -0.2) is 4.39 Å². The van der Waals surface area contributed by atoms with Crippen LogP contribution in [0.5, 0.6) is 0 Å². The van der Waals surface area contributed by atoms with Crippen LogP contribution in [0, 0.1) is 11.7 Å². The molecule has 0 aromatic heterocycles. The van der Waals surface area contributed by atoms with Crippen LogP contribution in [-0.2, 0) is 0 Å². The van der Waals surface area contributed by atoms with Crippen molar-refractivity contribution in [3.63, 3.8) is 0 Å². The van der Waals surface area contributed by atoms with Gasteiger partial charge >= 0.3 is 0 Å². The molecule has 0 heterocycles. The molecule has 1 aliphatic rings. The number of benzene rings is 1. The Morgan fingerprint density at radius 2 is 1.90 bits per heavy atom. The predicted molar refractivity (Wildman–Crippen MR) is 89.4 cm³/mol. The van der Waals surface area contributed by atoms with Crippen molar-refractivity contribution in [1.82, 2.24) is 0 Å². The van der Waals surface area contributed by atoms with Gasteiger partial charge in [0.15, 0.2) is 0 Å². The first-order chi connectivity index (χ1) is 10.0. The molecule has 21 heavy (non-hydrogen) atoms. The number of hydrogen-bond acceptors (Lipinski definition) is 0. The van der Waals surface area contributed by atoms with Crippen LogP contribution in [0.4, 0.5) is 4.39 Å². The highest BCUT2D eigenvalue weighted by atomic mass is 19.1. The van der Waals surface area contributed by atoms with Crippen LogP contribution in [0.15, 0.2) is 65.3 Å². The van der Waals surface area contributed by atoms with Gasteiger partial charge in [0.1, 0.15) is 5.82 Å². The third-order valence-corrected chi connectivity index (χ3v) is 4.19. The van der Waals surface area contributed by atoms with Gasteiger partial charge in [-0.15, -0.1) is 0 Å². The Hall–Kier alpha value is -1.89. The Bertz CT molecular complexity index is 624. The normalized spacial score (nSPS) is 20.1. The van der Waals surface area contributed by atoms with E-state index in [0.717, 1.165) is 12.0 Å². The molecule has 1 heteroatoms. The monoisotopic (exact) mass is 282 g/mol. The minimum atomic E-state index is -0.181. The van der Waals surface area contributed by atoms with E-state index in [-0.39, 0.29) is 5.82 Å². The van der Waals surface area contributed by atoms with E-state index >= 15 is 0 Å². The number of rotatable bonds is 3. The Balaban J connectivity index is 2.43. The molecule has 1 atom stereocenters. The van der Waals surface area contributed by atoms with E-state index in [1.54, 1.807) is 0 Å². The van der Waals surface area contributed by atoms with Crippen LogP contribution in [-0.4, -0.2) is 0 Å². The third kappa shape index (κ3) is 3.60. The second-order valence-electron chi connectivity index (χ2n) is 5.75. The zero-order valence-corrected chi connectivity index (χ0v) is 13.3. The molecular formula is C20H23F. The maximum absolute atomic E-state index is 13.1. The van der Waals surface area contributed by atoms with E-state index in [0.29, 0.717) is 5.92 Å². The molecule has 0 amide bonds. The third-order valence-electron chi connectivity index (χ3n) is 4.19. The summed E-state index contributed by atoms with van der Waals surface area (Å²) < 4.78 is 13.1. The Morgan fingerprint density at radius 1 is 1.24 bits per heavy atom. The van der Waals surface area contributed by atoms with Crippen LogP contribution < -0.4 is 0 Å². The van der Waals surface area contributed by atoms with Crippen molar-refractivity contribution in [3.8, 4) is 0 Å². The van der Waals surface area contributed by atoms with Crippen LogP contribution in [0.3, 0.4) is 0 Å². The van der Waals surface area contributed by atoms with Gasteiger partial charge in [0.25, 0.3) is 0 Å². The number of halogens is 1. The Kier molecular flexibility index (Phi) is 4.95. The van der Waals surface area contributed by atoms with Crippen LogP contribution >= 0.6 is 0 Å². The molecule has 0 aliphatic heterocycles. The second kappa shape index (κ2) is 6.71. The summed E-state index contributed by atoms with van der Waals surface area (Å²) in [6.45, 7) is 8.64. The van der Waals surface area contributed by atoms with Crippen molar-refractivity contribution in [3.05, 3.63) is 76.7 Å². The zero-order valence-electron chi connectivity index (χ0n) is 13.3. The van der Waals surface area contributed by atoms with Gasteiger partial charge in [-0.3, -0.25) is 0 Å². The summed E-state index contributed by atoms with van der Waals surface area (Å²) in [5.74, 6) is 0.332. The van der Waals surface area contributed by atoms with Crippen molar-refractivity contribution in [2.24, 2.45) is 5.92 Å². The quantitative estimate of drug-likeness (QED) is 0.589. The van der Waals surface area contributed by atoms with Crippen molar-refractivity contribution in [2.75, 3.05) is 0 Å². The summed E-state index contributed by atoms with van der Waals surface area (Å²) in [5.41, 5.74) is 6.42. The maximum atomic E-state index is 13.1. The Morgan fingerprint density at radius 3 is 2.52 bits per heavy atom. The topological polar surface area (TPSA) is 0 Å². The maximum Gasteiger partial charge on any atom is 0.123 e. The largest absolute Gasteiger partial charge is 0.207 e. The molecule has 0 saturated carbocycles. The van der Waals surface area contributed by atoms with Gasteiger partial charge in [0.05, 0.1) is 0 Å². The van der Waals surface area contributed by atoms with Gasteiger partial charge in [0, 0.05) is 0 Å². The predicted octanol–water partition coefficient (Wildman–Crippen LogP) is 6.09. The minimum absolute atomic E-state index is 0.181. The van der Waals surface area contributed by atoms with Gasteiger partial charge in [-0.05, 0) is 67.5 Å². The lowest BCUT2D eigenvalue weighted by atomic mass is 9.80. The van der Waals surface area contributed by atoms with E-state index in [4.69, 9.17) is 0 Å². The zero-order chi connectivity index (χ0) is 15.4. The molecule has 1 aromatic carbocycles. The van der Waals surface area contributed by atoms with E-state index in [2.05, 4.69) is 39.0 Å². The number of hydrogen-bond donors (Lipinski definition) is 0. The molecule has 0 saturated heterocycles.